The minimum absolute atomic E-state index is 0.199. The zero-order valence-electron chi connectivity index (χ0n) is 30.7. The Morgan fingerprint density at radius 1 is 0.532 bits per heavy atom. The molecule has 8 nitrogen and oxygen atoms in total. The second-order valence-corrected chi connectivity index (χ2v) is 13.9. The molecule has 5 atom stereocenters. The van der Waals surface area contributed by atoms with Crippen LogP contribution in [0.2, 0.25) is 0 Å². The van der Waals surface area contributed by atoms with Gasteiger partial charge in [0.1, 0.15) is 24.9 Å². The summed E-state index contributed by atoms with van der Waals surface area (Å²) < 4.78 is 21.9. The van der Waals surface area contributed by atoms with Crippen molar-refractivity contribution in [1.29, 1.82) is 0 Å². The van der Waals surface area contributed by atoms with Gasteiger partial charge in [-0.2, -0.15) is 0 Å². The van der Waals surface area contributed by atoms with Gasteiger partial charge in [-0.15, -0.1) is 0 Å². The van der Waals surface area contributed by atoms with Gasteiger partial charge in [-0.05, 0) is 12.8 Å². The Balaban J connectivity index is 2.12. The Morgan fingerprint density at radius 3 is 1.28 bits per heavy atom. The standard InChI is InChI=1S/C39H74O8/c1-4-6-8-10-12-14-16-18-20-22-24-26-28-30-34(40)45-32-33-36(42)37(43)38(39(44-3)46-33)47-35(41)31-29-27-25-23-21-19-17-15-13-11-9-7-5-2/h33,36-39,42-43H,4-32H2,1-3H3/t33-,36-,37+,38-,39-/m1/s1. The van der Waals surface area contributed by atoms with E-state index >= 15 is 0 Å². The van der Waals surface area contributed by atoms with Crippen LogP contribution in [0.5, 0.6) is 0 Å². The van der Waals surface area contributed by atoms with Gasteiger partial charge in [-0.1, -0.05) is 168 Å². The molecular formula is C39H74O8. The number of esters is 2. The van der Waals surface area contributed by atoms with Crippen LogP contribution in [0.3, 0.4) is 0 Å². The molecule has 0 amide bonds. The third kappa shape index (κ3) is 22.9. The minimum Gasteiger partial charge on any atom is -0.463 e. The smallest absolute Gasteiger partial charge is 0.306 e. The molecule has 0 bridgehead atoms. The zero-order chi connectivity index (χ0) is 34.4. The monoisotopic (exact) mass is 671 g/mol. The second-order valence-electron chi connectivity index (χ2n) is 13.9. The lowest BCUT2D eigenvalue weighted by atomic mass is 9.99. The highest BCUT2D eigenvalue weighted by Gasteiger charge is 2.47. The number of rotatable bonds is 32. The number of carbonyl (C=O) groups is 2. The molecule has 1 rings (SSSR count). The molecule has 278 valence electrons. The fraction of sp³-hybridized carbons (Fsp3) is 0.949. The third-order valence-electron chi connectivity index (χ3n) is 9.52. The summed E-state index contributed by atoms with van der Waals surface area (Å²) in [6.45, 7) is 4.30. The number of aliphatic hydroxyl groups excluding tert-OH is 2. The van der Waals surface area contributed by atoms with Crippen LogP contribution in [-0.2, 0) is 28.5 Å². The van der Waals surface area contributed by atoms with Crippen LogP contribution < -0.4 is 0 Å². The molecule has 0 aromatic carbocycles. The molecule has 1 aliphatic rings. The van der Waals surface area contributed by atoms with E-state index in [0.717, 1.165) is 38.5 Å². The summed E-state index contributed by atoms with van der Waals surface area (Å²) in [7, 11) is 1.39. The summed E-state index contributed by atoms with van der Waals surface area (Å²) in [5.41, 5.74) is 0. The lowest BCUT2D eigenvalue weighted by Crippen LogP contribution is -2.60. The van der Waals surface area contributed by atoms with Crippen molar-refractivity contribution in [2.24, 2.45) is 0 Å². The van der Waals surface area contributed by atoms with Crippen LogP contribution in [-0.4, -0.2) is 66.6 Å². The van der Waals surface area contributed by atoms with Crippen molar-refractivity contribution in [1.82, 2.24) is 0 Å². The minimum atomic E-state index is -1.41. The summed E-state index contributed by atoms with van der Waals surface area (Å²) in [5, 5.41) is 21.3. The Labute approximate surface area is 288 Å². The Morgan fingerprint density at radius 2 is 0.894 bits per heavy atom. The highest BCUT2D eigenvalue weighted by Crippen LogP contribution is 2.25. The van der Waals surface area contributed by atoms with Crippen molar-refractivity contribution >= 4 is 11.9 Å². The van der Waals surface area contributed by atoms with Gasteiger partial charge in [0.05, 0.1) is 0 Å². The highest BCUT2D eigenvalue weighted by molar-refractivity contribution is 5.69. The molecule has 1 saturated heterocycles. The number of hydrogen-bond donors (Lipinski definition) is 2. The van der Waals surface area contributed by atoms with E-state index in [0.29, 0.717) is 6.42 Å². The molecule has 2 N–H and O–H groups in total. The van der Waals surface area contributed by atoms with Crippen molar-refractivity contribution < 1.29 is 38.7 Å². The molecule has 1 aliphatic heterocycles. The first kappa shape index (κ1) is 43.8. The van der Waals surface area contributed by atoms with E-state index in [9.17, 15) is 19.8 Å². The van der Waals surface area contributed by atoms with E-state index in [1.165, 1.54) is 136 Å². The van der Waals surface area contributed by atoms with Crippen LogP contribution in [0, 0.1) is 0 Å². The largest absolute Gasteiger partial charge is 0.463 e. The molecular weight excluding hydrogens is 596 g/mol. The topological polar surface area (TPSA) is 112 Å². The van der Waals surface area contributed by atoms with E-state index in [1.54, 1.807) is 0 Å². The average Bonchev–Trinajstić information content (AvgIpc) is 3.07. The normalized spacial score (nSPS) is 21.2. The first-order chi connectivity index (χ1) is 22.9. The summed E-state index contributed by atoms with van der Waals surface area (Å²) >= 11 is 0. The summed E-state index contributed by atoms with van der Waals surface area (Å²) in [5.74, 6) is -0.795. The van der Waals surface area contributed by atoms with E-state index in [4.69, 9.17) is 18.9 Å². The predicted octanol–water partition coefficient (Wildman–Crippen LogP) is 9.50. The lowest BCUT2D eigenvalue weighted by molar-refractivity contribution is -0.298. The molecule has 1 heterocycles. The number of hydrogen-bond acceptors (Lipinski definition) is 8. The molecule has 0 aromatic heterocycles. The molecule has 47 heavy (non-hydrogen) atoms. The van der Waals surface area contributed by atoms with E-state index in [2.05, 4.69) is 13.8 Å². The third-order valence-corrected chi connectivity index (χ3v) is 9.52. The number of ether oxygens (including phenoxy) is 4. The van der Waals surface area contributed by atoms with Crippen molar-refractivity contribution in [2.45, 2.75) is 224 Å². The Bertz CT molecular complexity index is 728. The maximum Gasteiger partial charge on any atom is 0.306 e. The highest BCUT2D eigenvalue weighted by atomic mass is 16.7. The molecule has 0 unspecified atom stereocenters. The van der Waals surface area contributed by atoms with Crippen molar-refractivity contribution in [3.8, 4) is 0 Å². The SMILES string of the molecule is CCCCCCCCCCCCCCCC(=O)OC[C@H]1O[C@@H](OC)[C@H](OC(=O)CCCCCCCCCCCCCCC)[C@@H](O)[C@@H]1O. The number of carbonyl (C=O) groups excluding carboxylic acids is 2. The fourth-order valence-electron chi connectivity index (χ4n) is 6.39. The number of aliphatic hydroxyl groups is 2. The van der Waals surface area contributed by atoms with Gasteiger partial charge in [0.2, 0.25) is 0 Å². The van der Waals surface area contributed by atoms with Gasteiger partial charge >= 0.3 is 11.9 Å². The quantitative estimate of drug-likeness (QED) is 0.0538. The van der Waals surface area contributed by atoms with Crippen molar-refractivity contribution in [2.75, 3.05) is 13.7 Å². The number of methoxy groups -OCH3 is 1. The molecule has 0 spiro atoms. The molecule has 8 heteroatoms. The van der Waals surface area contributed by atoms with Gasteiger partial charge in [0.15, 0.2) is 12.4 Å². The van der Waals surface area contributed by atoms with Gasteiger partial charge < -0.3 is 29.2 Å². The Kier molecular flexibility index (Phi) is 28.7. The zero-order valence-corrected chi connectivity index (χ0v) is 30.7. The first-order valence-corrected chi connectivity index (χ1v) is 19.8. The average molecular weight is 671 g/mol. The van der Waals surface area contributed by atoms with Crippen LogP contribution in [0.15, 0.2) is 0 Å². The Hall–Kier alpha value is -1.22. The second kappa shape index (κ2) is 30.8. The summed E-state index contributed by atoms with van der Waals surface area (Å²) in [6, 6.07) is 0. The van der Waals surface area contributed by atoms with Crippen molar-refractivity contribution in [3.05, 3.63) is 0 Å². The van der Waals surface area contributed by atoms with E-state index < -0.39 is 36.7 Å². The van der Waals surface area contributed by atoms with Crippen LogP contribution in [0.25, 0.3) is 0 Å². The van der Waals surface area contributed by atoms with Crippen LogP contribution >= 0.6 is 0 Å². The van der Waals surface area contributed by atoms with Gasteiger partial charge in [-0.3, -0.25) is 9.59 Å². The van der Waals surface area contributed by atoms with Crippen LogP contribution in [0.1, 0.15) is 194 Å². The van der Waals surface area contributed by atoms with Crippen LogP contribution in [0.4, 0.5) is 0 Å². The fourth-order valence-corrected chi connectivity index (χ4v) is 6.39. The summed E-state index contributed by atoms with van der Waals surface area (Å²) in [6.07, 6.45) is 26.6. The van der Waals surface area contributed by atoms with Gasteiger partial charge in [0.25, 0.3) is 0 Å². The molecule has 1 fully saturated rings. The van der Waals surface area contributed by atoms with E-state index in [-0.39, 0.29) is 19.0 Å². The maximum atomic E-state index is 12.5. The lowest BCUT2D eigenvalue weighted by Gasteiger charge is -2.41. The molecule has 0 aromatic rings. The summed E-state index contributed by atoms with van der Waals surface area (Å²) in [4.78, 5) is 24.8. The van der Waals surface area contributed by atoms with Gasteiger partial charge in [0, 0.05) is 20.0 Å². The molecule has 0 radical (unpaired) electrons. The molecule has 0 saturated carbocycles. The number of unbranched alkanes of at least 4 members (excludes halogenated alkanes) is 24. The molecule has 0 aliphatic carbocycles. The first-order valence-electron chi connectivity index (χ1n) is 19.8. The van der Waals surface area contributed by atoms with Crippen molar-refractivity contribution in [3.63, 3.8) is 0 Å². The van der Waals surface area contributed by atoms with E-state index in [1.807, 2.05) is 0 Å². The maximum absolute atomic E-state index is 12.5. The predicted molar refractivity (Wildman–Crippen MR) is 189 cm³/mol. The van der Waals surface area contributed by atoms with Gasteiger partial charge in [-0.25, -0.2) is 0 Å².